The second-order valence-corrected chi connectivity index (χ2v) is 3.73. The molecule has 0 unspecified atom stereocenters. The van der Waals surface area contributed by atoms with E-state index in [1.807, 2.05) is 12.1 Å². The Morgan fingerprint density at radius 2 is 1.82 bits per heavy atom. The third-order valence-electron chi connectivity index (χ3n) is 1.91. The predicted octanol–water partition coefficient (Wildman–Crippen LogP) is 2.91. The molecule has 1 aromatic carbocycles. The molecule has 58 valence electrons. The quantitative estimate of drug-likeness (QED) is 0.653. The lowest BCUT2D eigenvalue weighted by atomic mass is 10.1. The van der Waals surface area contributed by atoms with Crippen molar-refractivity contribution in [3.05, 3.63) is 34.3 Å². The van der Waals surface area contributed by atoms with Crippen LogP contribution in [0.4, 0.5) is 0 Å². The summed E-state index contributed by atoms with van der Waals surface area (Å²) in [6, 6.07) is 8.28. The van der Waals surface area contributed by atoms with E-state index in [0.717, 1.165) is 4.47 Å². The molecule has 0 bridgehead atoms. The van der Waals surface area contributed by atoms with Gasteiger partial charge in [0.2, 0.25) is 0 Å². The highest BCUT2D eigenvalue weighted by Gasteiger charge is 2.35. The first-order valence-corrected chi connectivity index (χ1v) is 4.47. The van der Waals surface area contributed by atoms with Gasteiger partial charge in [-0.1, -0.05) is 28.1 Å². The Hall–Kier alpha value is -0.340. The SMILES string of the molecule is C[C@@H]1O[C@@H]1c1ccc(Br)cc1. The molecule has 2 atom stereocenters. The maximum absolute atomic E-state index is 5.33. The summed E-state index contributed by atoms with van der Waals surface area (Å²) in [6.07, 6.45) is 0.763. The average Bonchev–Trinajstić information content (AvgIpc) is 2.69. The van der Waals surface area contributed by atoms with Crippen LogP contribution in [0.5, 0.6) is 0 Å². The lowest BCUT2D eigenvalue weighted by Crippen LogP contribution is -1.81. The standard InChI is InChI=1S/C9H9BrO/c1-6-9(11-6)7-2-4-8(10)5-3-7/h2-6,9H,1H3/t6-,9-/m0/s1. The highest BCUT2D eigenvalue weighted by Crippen LogP contribution is 2.38. The van der Waals surface area contributed by atoms with Crippen molar-refractivity contribution >= 4 is 15.9 Å². The van der Waals surface area contributed by atoms with E-state index in [2.05, 4.69) is 35.0 Å². The average molecular weight is 213 g/mol. The fourth-order valence-electron chi connectivity index (χ4n) is 1.19. The summed E-state index contributed by atoms with van der Waals surface area (Å²) < 4.78 is 6.45. The van der Waals surface area contributed by atoms with Crippen LogP contribution in [0.1, 0.15) is 18.6 Å². The van der Waals surface area contributed by atoms with Crippen LogP contribution < -0.4 is 0 Å². The Morgan fingerprint density at radius 3 is 2.27 bits per heavy atom. The van der Waals surface area contributed by atoms with Gasteiger partial charge in [-0.3, -0.25) is 0 Å². The summed E-state index contributed by atoms with van der Waals surface area (Å²) in [6.45, 7) is 2.09. The molecule has 0 N–H and O–H groups in total. The zero-order chi connectivity index (χ0) is 7.84. The van der Waals surface area contributed by atoms with Gasteiger partial charge in [0.15, 0.2) is 0 Å². The molecule has 1 aliphatic heterocycles. The van der Waals surface area contributed by atoms with Gasteiger partial charge in [0.05, 0.1) is 6.10 Å². The van der Waals surface area contributed by atoms with E-state index in [4.69, 9.17) is 4.74 Å². The minimum absolute atomic E-state index is 0.350. The van der Waals surface area contributed by atoms with Gasteiger partial charge in [0.25, 0.3) is 0 Å². The molecule has 1 heterocycles. The zero-order valence-electron chi connectivity index (χ0n) is 6.25. The van der Waals surface area contributed by atoms with Gasteiger partial charge >= 0.3 is 0 Å². The molecular weight excluding hydrogens is 204 g/mol. The van der Waals surface area contributed by atoms with Crippen molar-refractivity contribution in [2.24, 2.45) is 0 Å². The van der Waals surface area contributed by atoms with E-state index in [0.29, 0.717) is 12.2 Å². The van der Waals surface area contributed by atoms with Crippen LogP contribution in [0.2, 0.25) is 0 Å². The number of epoxide rings is 1. The topological polar surface area (TPSA) is 12.5 Å². The minimum atomic E-state index is 0.350. The molecule has 0 spiro atoms. The molecule has 0 amide bonds. The number of rotatable bonds is 1. The van der Waals surface area contributed by atoms with Crippen LogP contribution in [0.25, 0.3) is 0 Å². The van der Waals surface area contributed by atoms with Crippen molar-refractivity contribution in [2.45, 2.75) is 19.1 Å². The fraction of sp³-hybridized carbons (Fsp3) is 0.333. The Bertz CT molecular complexity index is 255. The summed E-state index contributed by atoms with van der Waals surface area (Å²) in [7, 11) is 0. The first-order valence-electron chi connectivity index (χ1n) is 3.68. The van der Waals surface area contributed by atoms with Crippen LogP contribution in [0, 0.1) is 0 Å². The smallest absolute Gasteiger partial charge is 0.109 e. The molecule has 2 heteroatoms. The van der Waals surface area contributed by atoms with Crippen LogP contribution >= 0.6 is 15.9 Å². The predicted molar refractivity (Wildman–Crippen MR) is 47.4 cm³/mol. The first-order chi connectivity index (χ1) is 5.27. The first kappa shape index (κ1) is 7.32. The van der Waals surface area contributed by atoms with Crippen molar-refractivity contribution < 1.29 is 4.74 Å². The number of halogens is 1. The molecule has 1 nitrogen and oxygen atoms in total. The number of ether oxygens (including phenoxy) is 1. The third kappa shape index (κ3) is 1.47. The molecule has 1 fully saturated rings. The van der Waals surface area contributed by atoms with Crippen LogP contribution in [-0.4, -0.2) is 6.10 Å². The van der Waals surface area contributed by atoms with Crippen molar-refractivity contribution in [2.75, 3.05) is 0 Å². The van der Waals surface area contributed by atoms with Gasteiger partial charge in [-0.2, -0.15) is 0 Å². The number of hydrogen-bond donors (Lipinski definition) is 0. The summed E-state index contributed by atoms with van der Waals surface area (Å²) in [5.74, 6) is 0. The van der Waals surface area contributed by atoms with Gasteiger partial charge < -0.3 is 4.74 Å². The van der Waals surface area contributed by atoms with Gasteiger partial charge in [-0.15, -0.1) is 0 Å². The number of hydrogen-bond acceptors (Lipinski definition) is 1. The molecule has 0 saturated carbocycles. The third-order valence-corrected chi connectivity index (χ3v) is 2.44. The van der Waals surface area contributed by atoms with Gasteiger partial charge in [-0.25, -0.2) is 0 Å². The van der Waals surface area contributed by atoms with Gasteiger partial charge in [0, 0.05) is 4.47 Å². The lowest BCUT2D eigenvalue weighted by molar-refractivity contribution is 0.383. The zero-order valence-corrected chi connectivity index (χ0v) is 7.84. The normalized spacial score (nSPS) is 28.5. The van der Waals surface area contributed by atoms with Crippen LogP contribution in [-0.2, 0) is 4.74 Å². The molecule has 11 heavy (non-hydrogen) atoms. The minimum Gasteiger partial charge on any atom is -0.365 e. The summed E-state index contributed by atoms with van der Waals surface area (Å²) in [5, 5.41) is 0. The Kier molecular flexibility index (Phi) is 1.74. The molecule has 1 aromatic rings. The lowest BCUT2D eigenvalue weighted by Gasteiger charge is -1.94. The maximum atomic E-state index is 5.33. The van der Waals surface area contributed by atoms with E-state index in [1.54, 1.807) is 0 Å². The second kappa shape index (κ2) is 2.61. The monoisotopic (exact) mass is 212 g/mol. The van der Waals surface area contributed by atoms with Gasteiger partial charge in [-0.05, 0) is 24.6 Å². The van der Waals surface area contributed by atoms with Crippen molar-refractivity contribution in [1.29, 1.82) is 0 Å². The van der Waals surface area contributed by atoms with Crippen molar-refractivity contribution in [3.63, 3.8) is 0 Å². The highest BCUT2D eigenvalue weighted by molar-refractivity contribution is 9.10. The van der Waals surface area contributed by atoms with Gasteiger partial charge in [0.1, 0.15) is 6.10 Å². The van der Waals surface area contributed by atoms with E-state index >= 15 is 0 Å². The Morgan fingerprint density at radius 1 is 1.27 bits per heavy atom. The largest absolute Gasteiger partial charge is 0.365 e. The maximum Gasteiger partial charge on any atom is 0.109 e. The van der Waals surface area contributed by atoms with E-state index in [-0.39, 0.29) is 0 Å². The van der Waals surface area contributed by atoms with E-state index in [1.165, 1.54) is 5.56 Å². The molecule has 1 saturated heterocycles. The van der Waals surface area contributed by atoms with Crippen LogP contribution in [0.15, 0.2) is 28.7 Å². The molecule has 0 radical (unpaired) electrons. The molecule has 2 rings (SSSR count). The Labute approximate surface area is 74.5 Å². The van der Waals surface area contributed by atoms with Crippen molar-refractivity contribution in [3.8, 4) is 0 Å². The summed E-state index contributed by atoms with van der Waals surface area (Å²) >= 11 is 3.39. The molecular formula is C9H9BrO. The van der Waals surface area contributed by atoms with Crippen molar-refractivity contribution in [1.82, 2.24) is 0 Å². The summed E-state index contributed by atoms with van der Waals surface area (Å²) in [4.78, 5) is 0. The molecule has 0 aliphatic carbocycles. The van der Waals surface area contributed by atoms with Crippen LogP contribution in [0.3, 0.4) is 0 Å². The Balaban J connectivity index is 2.21. The van der Waals surface area contributed by atoms with E-state index in [9.17, 15) is 0 Å². The molecule has 0 aromatic heterocycles. The highest BCUT2D eigenvalue weighted by atomic mass is 79.9. The van der Waals surface area contributed by atoms with E-state index < -0.39 is 0 Å². The second-order valence-electron chi connectivity index (χ2n) is 2.81. The summed E-state index contributed by atoms with van der Waals surface area (Å²) in [5.41, 5.74) is 1.28. The molecule has 1 aliphatic rings. The fourth-order valence-corrected chi connectivity index (χ4v) is 1.45. The number of benzene rings is 1.